The Kier molecular flexibility index (Phi) is 8.37. The molecule has 1 saturated heterocycles. The molecular formula is C29H39FO2. The molecular weight excluding hydrogens is 399 g/mol. The van der Waals surface area contributed by atoms with Crippen LogP contribution < -0.4 is 0 Å². The molecule has 2 fully saturated rings. The zero-order valence-electron chi connectivity index (χ0n) is 19.8. The maximum absolute atomic E-state index is 15.0. The fourth-order valence-corrected chi connectivity index (χ4v) is 5.34. The monoisotopic (exact) mass is 438 g/mol. The number of hydrogen-bond donors (Lipinski definition) is 0. The number of unbranched alkanes of at least 4 members (excludes halogenated alkanes) is 2. The lowest BCUT2D eigenvalue weighted by molar-refractivity contribution is -0.206. The third-order valence-electron chi connectivity index (χ3n) is 7.57. The second-order valence-corrected chi connectivity index (χ2v) is 9.85. The summed E-state index contributed by atoms with van der Waals surface area (Å²) in [6.07, 6.45) is 10.9. The Bertz CT molecular complexity index is 831. The molecule has 32 heavy (non-hydrogen) atoms. The molecule has 3 heteroatoms. The van der Waals surface area contributed by atoms with E-state index < -0.39 is 6.29 Å². The standard InChI is InChI=1S/C29H39FO2/c1-3-5-6-7-22-19-31-29(32-20-22)26-16-17-27(28(30)18-26)25-14-12-24(13-15-25)23-10-8-21(4-2)9-11-23/h12-18,21-23,29H,3-11,19-20H2,1-2H3/t21?,22-,23?,29-. The number of halogens is 1. The van der Waals surface area contributed by atoms with Gasteiger partial charge in [-0.1, -0.05) is 75.9 Å². The zero-order valence-corrected chi connectivity index (χ0v) is 19.8. The first-order valence-corrected chi connectivity index (χ1v) is 12.8. The minimum atomic E-state index is -0.457. The minimum Gasteiger partial charge on any atom is -0.348 e. The minimum absolute atomic E-state index is 0.212. The Labute approximate surface area is 193 Å². The van der Waals surface area contributed by atoms with E-state index >= 15 is 0 Å². The highest BCUT2D eigenvalue weighted by atomic mass is 19.1. The highest BCUT2D eigenvalue weighted by molar-refractivity contribution is 5.65. The van der Waals surface area contributed by atoms with Gasteiger partial charge in [-0.15, -0.1) is 0 Å². The molecule has 0 aromatic heterocycles. The van der Waals surface area contributed by atoms with Crippen LogP contribution in [0.1, 0.15) is 95.0 Å². The van der Waals surface area contributed by atoms with Crippen molar-refractivity contribution in [2.45, 2.75) is 83.8 Å². The van der Waals surface area contributed by atoms with Gasteiger partial charge in [0.05, 0.1) is 13.2 Å². The summed E-state index contributed by atoms with van der Waals surface area (Å²) in [7, 11) is 0. The molecule has 2 aliphatic rings. The summed E-state index contributed by atoms with van der Waals surface area (Å²) < 4.78 is 26.8. The van der Waals surface area contributed by atoms with Crippen LogP contribution in [0, 0.1) is 17.7 Å². The second-order valence-electron chi connectivity index (χ2n) is 9.85. The maximum Gasteiger partial charge on any atom is 0.183 e. The van der Waals surface area contributed by atoms with E-state index in [9.17, 15) is 4.39 Å². The molecule has 2 aromatic carbocycles. The fourth-order valence-electron chi connectivity index (χ4n) is 5.34. The van der Waals surface area contributed by atoms with E-state index in [1.165, 1.54) is 56.9 Å². The predicted octanol–water partition coefficient (Wildman–Crippen LogP) is 8.42. The molecule has 1 aliphatic carbocycles. The zero-order chi connectivity index (χ0) is 22.3. The van der Waals surface area contributed by atoms with E-state index in [-0.39, 0.29) is 5.82 Å². The largest absolute Gasteiger partial charge is 0.348 e. The summed E-state index contributed by atoms with van der Waals surface area (Å²) in [6, 6.07) is 13.9. The maximum atomic E-state index is 15.0. The average Bonchev–Trinajstić information content (AvgIpc) is 2.85. The number of ether oxygens (including phenoxy) is 2. The Balaban J connectivity index is 1.35. The Morgan fingerprint density at radius 3 is 2.12 bits per heavy atom. The summed E-state index contributed by atoms with van der Waals surface area (Å²) in [6.45, 7) is 5.91. The smallest absolute Gasteiger partial charge is 0.183 e. The second kappa shape index (κ2) is 11.4. The molecule has 0 spiro atoms. The lowest BCUT2D eigenvalue weighted by Crippen LogP contribution is -2.27. The Morgan fingerprint density at radius 1 is 0.812 bits per heavy atom. The molecule has 4 rings (SSSR count). The van der Waals surface area contributed by atoms with Gasteiger partial charge in [0.15, 0.2) is 6.29 Å². The molecule has 1 saturated carbocycles. The first kappa shape index (κ1) is 23.4. The lowest BCUT2D eigenvalue weighted by atomic mass is 9.77. The normalized spacial score (nSPS) is 26.2. The summed E-state index contributed by atoms with van der Waals surface area (Å²) >= 11 is 0. The molecule has 0 amide bonds. The summed E-state index contributed by atoms with van der Waals surface area (Å²) in [5, 5.41) is 0. The fraction of sp³-hybridized carbons (Fsp3) is 0.586. The van der Waals surface area contributed by atoms with Gasteiger partial charge in [-0.25, -0.2) is 4.39 Å². The van der Waals surface area contributed by atoms with Crippen LogP contribution in [0.5, 0.6) is 0 Å². The Morgan fingerprint density at radius 2 is 1.50 bits per heavy atom. The van der Waals surface area contributed by atoms with E-state index in [0.717, 1.165) is 23.5 Å². The molecule has 0 atom stereocenters. The molecule has 0 N–H and O–H groups in total. The van der Waals surface area contributed by atoms with Gasteiger partial charge in [-0.05, 0) is 61.1 Å². The van der Waals surface area contributed by atoms with Gasteiger partial charge in [0.25, 0.3) is 0 Å². The van der Waals surface area contributed by atoms with Gasteiger partial charge in [-0.3, -0.25) is 0 Å². The molecule has 0 radical (unpaired) electrons. The quantitative estimate of drug-likeness (QED) is 0.385. The van der Waals surface area contributed by atoms with E-state index in [1.807, 2.05) is 12.1 Å². The Hall–Kier alpha value is -1.71. The topological polar surface area (TPSA) is 18.5 Å². The summed E-state index contributed by atoms with van der Waals surface area (Å²) in [4.78, 5) is 0. The van der Waals surface area contributed by atoms with Crippen LogP contribution in [0.15, 0.2) is 42.5 Å². The van der Waals surface area contributed by atoms with Gasteiger partial charge in [0, 0.05) is 17.0 Å². The SMILES string of the molecule is CCCCC[C@H]1CO[C@H](c2ccc(-c3ccc(C4CCC(CC)CC4)cc3)c(F)c2)OC1. The molecule has 1 heterocycles. The van der Waals surface area contributed by atoms with Crippen molar-refractivity contribution in [1.82, 2.24) is 0 Å². The predicted molar refractivity (Wildman–Crippen MR) is 129 cm³/mol. The van der Waals surface area contributed by atoms with Crippen molar-refractivity contribution in [2.75, 3.05) is 13.2 Å². The van der Waals surface area contributed by atoms with Crippen LogP contribution >= 0.6 is 0 Å². The van der Waals surface area contributed by atoms with Crippen molar-refractivity contribution >= 4 is 0 Å². The van der Waals surface area contributed by atoms with Gasteiger partial charge >= 0.3 is 0 Å². The molecule has 0 bridgehead atoms. The van der Waals surface area contributed by atoms with E-state index in [1.54, 1.807) is 6.07 Å². The summed E-state index contributed by atoms with van der Waals surface area (Å²) in [5.41, 5.74) is 3.74. The molecule has 174 valence electrons. The molecule has 2 nitrogen and oxygen atoms in total. The van der Waals surface area contributed by atoms with Crippen molar-refractivity contribution in [2.24, 2.45) is 11.8 Å². The highest BCUT2D eigenvalue weighted by Crippen LogP contribution is 2.38. The lowest BCUT2D eigenvalue weighted by Gasteiger charge is -2.30. The third kappa shape index (κ3) is 5.80. The van der Waals surface area contributed by atoms with Crippen molar-refractivity contribution in [3.05, 3.63) is 59.4 Å². The van der Waals surface area contributed by atoms with Gasteiger partial charge in [0.1, 0.15) is 5.82 Å². The number of benzene rings is 2. The van der Waals surface area contributed by atoms with Crippen molar-refractivity contribution in [3.63, 3.8) is 0 Å². The van der Waals surface area contributed by atoms with Crippen molar-refractivity contribution in [3.8, 4) is 11.1 Å². The van der Waals surface area contributed by atoms with Gasteiger partial charge < -0.3 is 9.47 Å². The summed E-state index contributed by atoms with van der Waals surface area (Å²) in [5.74, 6) is 1.81. The van der Waals surface area contributed by atoms with Crippen molar-refractivity contribution < 1.29 is 13.9 Å². The van der Waals surface area contributed by atoms with E-state index in [2.05, 4.69) is 38.1 Å². The third-order valence-corrected chi connectivity index (χ3v) is 7.57. The number of rotatable bonds is 8. The molecule has 2 aromatic rings. The first-order chi connectivity index (χ1) is 15.7. The first-order valence-electron chi connectivity index (χ1n) is 12.8. The van der Waals surface area contributed by atoms with Crippen LogP contribution in [-0.2, 0) is 9.47 Å². The molecule has 0 unspecified atom stereocenters. The highest BCUT2D eigenvalue weighted by Gasteiger charge is 2.24. The van der Waals surface area contributed by atoms with Gasteiger partial charge in [-0.2, -0.15) is 0 Å². The van der Waals surface area contributed by atoms with Crippen LogP contribution in [0.25, 0.3) is 11.1 Å². The van der Waals surface area contributed by atoms with Crippen LogP contribution in [0.2, 0.25) is 0 Å². The van der Waals surface area contributed by atoms with Crippen LogP contribution in [0.4, 0.5) is 4.39 Å². The average molecular weight is 439 g/mol. The van der Waals surface area contributed by atoms with Gasteiger partial charge in [0.2, 0.25) is 0 Å². The molecule has 1 aliphatic heterocycles. The van der Waals surface area contributed by atoms with Crippen molar-refractivity contribution in [1.29, 1.82) is 0 Å². The van der Waals surface area contributed by atoms with Crippen LogP contribution in [-0.4, -0.2) is 13.2 Å². The van der Waals surface area contributed by atoms with E-state index in [0.29, 0.717) is 30.6 Å². The van der Waals surface area contributed by atoms with Crippen LogP contribution in [0.3, 0.4) is 0 Å². The number of hydrogen-bond acceptors (Lipinski definition) is 2. The van der Waals surface area contributed by atoms with E-state index in [4.69, 9.17) is 9.47 Å².